The summed E-state index contributed by atoms with van der Waals surface area (Å²) in [5, 5.41) is 49.8. The number of nitrogens with zero attached hydrogens (tertiary/aromatic N) is 6. The van der Waals surface area contributed by atoms with Crippen LogP contribution in [0, 0.1) is 67.5 Å². The molecule has 1 heterocycles. The summed E-state index contributed by atoms with van der Waals surface area (Å²) in [5.41, 5.74) is -2.91. The van der Waals surface area contributed by atoms with Crippen LogP contribution >= 0.6 is 0 Å². The molecule has 1 saturated carbocycles. The molecule has 0 bridgehead atoms. The first-order chi connectivity index (χ1) is 15.0. The highest BCUT2D eigenvalue weighted by atomic mass is 16.5. The zero-order valence-corrected chi connectivity index (χ0v) is 17.3. The van der Waals surface area contributed by atoms with Crippen LogP contribution in [0.1, 0.15) is 30.7 Å². The van der Waals surface area contributed by atoms with E-state index in [1.807, 2.05) is 29.2 Å². The summed E-state index contributed by atoms with van der Waals surface area (Å²) >= 11 is 0. The molecule has 1 saturated heterocycles. The molecule has 0 N–H and O–H groups in total. The highest BCUT2D eigenvalue weighted by Crippen LogP contribution is 2.77. The van der Waals surface area contributed by atoms with Gasteiger partial charge < -0.3 is 14.4 Å². The highest BCUT2D eigenvalue weighted by Gasteiger charge is 2.83. The number of rotatable bonds is 5. The Hall–Kier alpha value is -4.19. The van der Waals surface area contributed by atoms with Crippen LogP contribution in [0.5, 0.6) is 11.5 Å². The van der Waals surface area contributed by atoms with Gasteiger partial charge in [-0.2, -0.15) is 26.3 Å². The number of hydrogen-bond acceptors (Lipinski definition) is 8. The fraction of sp³-hybridized carbons (Fsp3) is 0.435. The summed E-state index contributed by atoms with van der Waals surface area (Å²) < 4.78 is 10.6. The third-order valence-corrected chi connectivity index (χ3v) is 6.18. The zero-order chi connectivity index (χ0) is 22.6. The molecule has 8 heteroatoms. The average molecular weight is 412 g/mol. The van der Waals surface area contributed by atoms with E-state index in [0.717, 1.165) is 19.3 Å². The Bertz CT molecular complexity index is 1100. The number of hydrogen-bond donors (Lipinski definition) is 0. The van der Waals surface area contributed by atoms with E-state index in [-0.39, 0.29) is 11.3 Å². The predicted molar refractivity (Wildman–Crippen MR) is 108 cm³/mol. The maximum Gasteiger partial charge on any atom is 0.177 e. The number of ether oxygens (including phenoxy) is 2. The second-order valence-corrected chi connectivity index (χ2v) is 7.49. The van der Waals surface area contributed by atoms with Crippen molar-refractivity contribution < 1.29 is 9.47 Å². The Labute approximate surface area is 181 Å². The lowest BCUT2D eigenvalue weighted by Gasteiger charge is -2.34. The lowest BCUT2D eigenvalue weighted by molar-refractivity contribution is 0.254. The SMILES string of the molecule is COc1ccc([C@@H]2C(C#N)(C#N)[C@@]2(C#N)C(=C(C#N)C#N)N2CCCCC2)cc1OC. The van der Waals surface area contributed by atoms with Gasteiger partial charge >= 0.3 is 0 Å². The summed E-state index contributed by atoms with van der Waals surface area (Å²) in [5.74, 6) is 0.0109. The molecule has 2 aliphatic rings. The van der Waals surface area contributed by atoms with E-state index in [1.165, 1.54) is 14.2 Å². The molecule has 31 heavy (non-hydrogen) atoms. The van der Waals surface area contributed by atoms with Crippen LogP contribution in [0.15, 0.2) is 29.5 Å². The molecule has 3 rings (SSSR count). The summed E-state index contributed by atoms with van der Waals surface area (Å²) in [7, 11) is 2.96. The van der Waals surface area contributed by atoms with Crippen LogP contribution in [0.4, 0.5) is 0 Å². The fourth-order valence-corrected chi connectivity index (χ4v) is 4.72. The molecule has 1 aliphatic carbocycles. The molecule has 8 nitrogen and oxygen atoms in total. The van der Waals surface area contributed by atoms with Gasteiger partial charge in [-0.25, -0.2) is 0 Å². The van der Waals surface area contributed by atoms with Gasteiger partial charge in [-0.15, -0.1) is 0 Å². The molecule has 0 unspecified atom stereocenters. The Balaban J connectivity index is 2.29. The number of piperidine rings is 1. The second-order valence-electron chi connectivity index (χ2n) is 7.49. The largest absolute Gasteiger partial charge is 0.493 e. The Morgan fingerprint density at radius 3 is 2.00 bits per heavy atom. The van der Waals surface area contributed by atoms with E-state index < -0.39 is 16.7 Å². The van der Waals surface area contributed by atoms with Crippen LogP contribution in [0.25, 0.3) is 0 Å². The van der Waals surface area contributed by atoms with Gasteiger partial charge in [-0.1, -0.05) is 6.07 Å². The van der Waals surface area contributed by atoms with Gasteiger partial charge in [-0.05, 0) is 37.0 Å². The van der Waals surface area contributed by atoms with E-state index in [2.05, 4.69) is 6.07 Å². The van der Waals surface area contributed by atoms with Crippen molar-refractivity contribution in [1.29, 1.82) is 26.3 Å². The maximum absolute atomic E-state index is 10.4. The van der Waals surface area contributed by atoms with Crippen molar-refractivity contribution in [2.75, 3.05) is 27.3 Å². The number of benzene rings is 1. The Morgan fingerprint density at radius 2 is 1.52 bits per heavy atom. The predicted octanol–water partition coefficient (Wildman–Crippen LogP) is 3.13. The lowest BCUT2D eigenvalue weighted by atomic mass is 9.87. The molecule has 0 spiro atoms. The smallest absolute Gasteiger partial charge is 0.177 e. The molecular formula is C23H20N6O2. The first-order valence-electron chi connectivity index (χ1n) is 9.80. The molecule has 0 radical (unpaired) electrons. The minimum absolute atomic E-state index is 0.183. The van der Waals surface area contributed by atoms with E-state index in [0.29, 0.717) is 30.2 Å². The maximum atomic E-state index is 10.4. The van der Waals surface area contributed by atoms with Crippen molar-refractivity contribution in [2.45, 2.75) is 25.2 Å². The van der Waals surface area contributed by atoms with Crippen LogP contribution in [0.3, 0.4) is 0 Å². The Kier molecular flexibility index (Phi) is 5.75. The van der Waals surface area contributed by atoms with Gasteiger partial charge in [0.1, 0.15) is 17.6 Å². The normalized spacial score (nSPS) is 23.0. The number of methoxy groups -OCH3 is 2. The third kappa shape index (κ3) is 2.92. The first kappa shape index (κ1) is 21.5. The summed E-state index contributed by atoms with van der Waals surface area (Å²) in [6, 6.07) is 15.0. The molecule has 1 aromatic carbocycles. The second kappa shape index (κ2) is 8.28. The van der Waals surface area contributed by atoms with Crippen LogP contribution in [-0.4, -0.2) is 32.2 Å². The summed E-state index contributed by atoms with van der Waals surface area (Å²) in [6.07, 6.45) is 2.67. The third-order valence-electron chi connectivity index (χ3n) is 6.18. The van der Waals surface area contributed by atoms with Crippen molar-refractivity contribution in [2.24, 2.45) is 10.8 Å². The van der Waals surface area contributed by atoms with Crippen molar-refractivity contribution in [1.82, 2.24) is 4.90 Å². The minimum Gasteiger partial charge on any atom is -0.493 e. The van der Waals surface area contributed by atoms with Gasteiger partial charge in [0.15, 0.2) is 22.5 Å². The van der Waals surface area contributed by atoms with Gasteiger partial charge in [0.2, 0.25) is 0 Å². The monoisotopic (exact) mass is 412 g/mol. The first-order valence-corrected chi connectivity index (χ1v) is 9.80. The molecule has 2 fully saturated rings. The Morgan fingerprint density at radius 1 is 0.903 bits per heavy atom. The molecule has 0 aromatic heterocycles. The van der Waals surface area contributed by atoms with Crippen molar-refractivity contribution in [3.63, 3.8) is 0 Å². The van der Waals surface area contributed by atoms with E-state index in [4.69, 9.17) is 9.47 Å². The topological polar surface area (TPSA) is 141 Å². The molecule has 0 amide bonds. The van der Waals surface area contributed by atoms with Gasteiger partial charge in [-0.3, -0.25) is 0 Å². The number of allylic oxidation sites excluding steroid dienone is 2. The quantitative estimate of drug-likeness (QED) is 0.672. The van der Waals surface area contributed by atoms with E-state index in [1.54, 1.807) is 18.2 Å². The van der Waals surface area contributed by atoms with Crippen LogP contribution in [0.2, 0.25) is 0 Å². The standard InChI is InChI=1S/C23H20N6O2/c1-30-18-7-6-16(10-19(18)31-2)20-22(13-26,14-27)23(20,15-28)21(17(11-24)12-25)29-8-4-3-5-9-29/h6-7,10,20H,3-5,8-9H2,1-2H3/t20-,23-/m1/s1. The van der Waals surface area contributed by atoms with Crippen molar-refractivity contribution in [3.8, 4) is 41.8 Å². The molecular weight excluding hydrogens is 392 g/mol. The molecule has 1 aliphatic heterocycles. The fourth-order valence-electron chi connectivity index (χ4n) is 4.72. The van der Waals surface area contributed by atoms with Gasteiger partial charge in [0.05, 0.1) is 38.1 Å². The summed E-state index contributed by atoms with van der Waals surface area (Å²) in [4.78, 5) is 1.83. The number of likely N-dealkylation sites (tertiary alicyclic amines) is 1. The highest BCUT2D eigenvalue weighted by molar-refractivity contribution is 5.64. The zero-order valence-electron chi connectivity index (χ0n) is 17.3. The molecule has 154 valence electrons. The molecule has 2 atom stereocenters. The van der Waals surface area contributed by atoms with Gasteiger partial charge in [0, 0.05) is 19.0 Å². The van der Waals surface area contributed by atoms with E-state index >= 15 is 0 Å². The lowest BCUT2D eigenvalue weighted by Crippen LogP contribution is -2.35. The van der Waals surface area contributed by atoms with Crippen molar-refractivity contribution >= 4 is 0 Å². The van der Waals surface area contributed by atoms with Crippen LogP contribution in [-0.2, 0) is 0 Å². The van der Waals surface area contributed by atoms with E-state index in [9.17, 15) is 26.3 Å². The summed E-state index contributed by atoms with van der Waals surface area (Å²) in [6.45, 7) is 1.11. The van der Waals surface area contributed by atoms with Crippen molar-refractivity contribution in [3.05, 3.63) is 35.0 Å². The average Bonchev–Trinajstić information content (AvgIpc) is 3.44. The van der Waals surface area contributed by atoms with Crippen LogP contribution < -0.4 is 9.47 Å². The molecule has 1 aromatic rings. The minimum atomic E-state index is -1.74. The van der Waals surface area contributed by atoms with Gasteiger partial charge in [0.25, 0.3) is 0 Å². The number of nitriles is 5.